The van der Waals surface area contributed by atoms with Crippen LogP contribution in [0.15, 0.2) is 18.6 Å². The average molecular weight is 235 g/mol. The number of amides is 1. The van der Waals surface area contributed by atoms with Crippen LogP contribution < -0.4 is 5.32 Å². The highest BCUT2D eigenvalue weighted by molar-refractivity contribution is 5.92. The Hall–Kier alpha value is -1.49. The number of rotatable bonds is 3. The Bertz CT molecular complexity index is 375. The number of aromatic nitrogens is 2. The van der Waals surface area contributed by atoms with E-state index >= 15 is 0 Å². The van der Waals surface area contributed by atoms with Crippen molar-refractivity contribution in [2.24, 2.45) is 0 Å². The summed E-state index contributed by atoms with van der Waals surface area (Å²) in [6, 6.07) is 1.56. The minimum Gasteiger partial charge on any atom is -0.388 e. The van der Waals surface area contributed by atoms with E-state index in [9.17, 15) is 9.90 Å². The molecule has 17 heavy (non-hydrogen) atoms. The zero-order valence-electron chi connectivity index (χ0n) is 9.72. The molecule has 0 bridgehead atoms. The number of nitrogens with zero attached hydrogens (tertiary/aromatic N) is 2. The zero-order chi connectivity index (χ0) is 12.1. The standard InChI is InChI=1S/C12H17N3O2/c16-11(10-4-7-13-9-15-10)14-8-12(17)5-2-1-3-6-12/h4,7,9,17H,1-3,5-6,8H2,(H,14,16). The molecule has 1 aromatic heterocycles. The monoisotopic (exact) mass is 235 g/mol. The number of carbonyl (C=O) groups is 1. The fraction of sp³-hybridized carbons (Fsp3) is 0.583. The first-order valence-corrected chi connectivity index (χ1v) is 5.96. The van der Waals surface area contributed by atoms with Gasteiger partial charge in [0, 0.05) is 12.7 Å². The number of hydrogen-bond acceptors (Lipinski definition) is 4. The molecule has 0 saturated heterocycles. The van der Waals surface area contributed by atoms with Crippen molar-refractivity contribution in [2.45, 2.75) is 37.7 Å². The van der Waals surface area contributed by atoms with Crippen LogP contribution >= 0.6 is 0 Å². The van der Waals surface area contributed by atoms with Crippen molar-refractivity contribution in [3.8, 4) is 0 Å². The average Bonchev–Trinajstić information content (AvgIpc) is 2.38. The van der Waals surface area contributed by atoms with Crippen molar-refractivity contribution < 1.29 is 9.90 Å². The topological polar surface area (TPSA) is 75.1 Å². The van der Waals surface area contributed by atoms with Gasteiger partial charge in [-0.05, 0) is 18.9 Å². The molecule has 5 nitrogen and oxygen atoms in total. The Labute approximate surface area is 100 Å². The third kappa shape index (κ3) is 3.23. The number of nitrogens with one attached hydrogen (secondary N) is 1. The van der Waals surface area contributed by atoms with Gasteiger partial charge in [-0.1, -0.05) is 19.3 Å². The zero-order valence-corrected chi connectivity index (χ0v) is 9.72. The van der Waals surface area contributed by atoms with E-state index in [2.05, 4.69) is 15.3 Å². The van der Waals surface area contributed by atoms with Crippen molar-refractivity contribution in [3.05, 3.63) is 24.3 Å². The second kappa shape index (κ2) is 5.23. The maximum Gasteiger partial charge on any atom is 0.270 e. The van der Waals surface area contributed by atoms with Gasteiger partial charge in [0.25, 0.3) is 5.91 Å². The molecule has 5 heteroatoms. The number of hydrogen-bond donors (Lipinski definition) is 2. The molecular weight excluding hydrogens is 218 g/mol. The largest absolute Gasteiger partial charge is 0.388 e. The molecule has 2 N–H and O–H groups in total. The molecule has 0 aromatic carbocycles. The first-order chi connectivity index (χ1) is 8.20. The Kier molecular flexibility index (Phi) is 3.68. The fourth-order valence-corrected chi connectivity index (χ4v) is 2.15. The summed E-state index contributed by atoms with van der Waals surface area (Å²) in [5.74, 6) is -0.258. The lowest BCUT2D eigenvalue weighted by Crippen LogP contribution is -2.44. The van der Waals surface area contributed by atoms with Gasteiger partial charge in [-0.2, -0.15) is 0 Å². The summed E-state index contributed by atoms with van der Waals surface area (Å²) in [6.07, 6.45) is 7.61. The Morgan fingerprint density at radius 1 is 1.41 bits per heavy atom. The Morgan fingerprint density at radius 3 is 2.82 bits per heavy atom. The molecule has 1 amide bonds. The molecule has 1 aliphatic rings. The van der Waals surface area contributed by atoms with Crippen LogP contribution in [0.3, 0.4) is 0 Å². The third-order valence-electron chi connectivity index (χ3n) is 3.18. The Balaban J connectivity index is 1.87. The second-order valence-electron chi connectivity index (χ2n) is 4.56. The lowest BCUT2D eigenvalue weighted by atomic mass is 9.85. The first kappa shape index (κ1) is 12.0. The van der Waals surface area contributed by atoms with Crippen molar-refractivity contribution in [1.82, 2.24) is 15.3 Å². The summed E-state index contributed by atoms with van der Waals surface area (Å²) in [4.78, 5) is 19.3. The molecule has 0 unspecified atom stereocenters. The van der Waals surface area contributed by atoms with Gasteiger partial charge in [0.05, 0.1) is 5.60 Å². The van der Waals surface area contributed by atoms with Gasteiger partial charge in [0.2, 0.25) is 0 Å². The van der Waals surface area contributed by atoms with Crippen molar-refractivity contribution >= 4 is 5.91 Å². The molecule has 0 radical (unpaired) electrons. The van der Waals surface area contributed by atoms with Crippen LogP contribution in [0.1, 0.15) is 42.6 Å². The van der Waals surface area contributed by atoms with Gasteiger partial charge in [-0.25, -0.2) is 9.97 Å². The highest BCUT2D eigenvalue weighted by atomic mass is 16.3. The van der Waals surface area contributed by atoms with Gasteiger partial charge in [0.15, 0.2) is 0 Å². The summed E-state index contributed by atoms with van der Waals surface area (Å²) in [7, 11) is 0. The van der Waals surface area contributed by atoms with Crippen LogP contribution in [0.25, 0.3) is 0 Å². The molecule has 1 fully saturated rings. The van der Waals surface area contributed by atoms with Gasteiger partial charge in [0.1, 0.15) is 12.0 Å². The molecule has 0 aliphatic heterocycles. The van der Waals surface area contributed by atoms with E-state index in [0.29, 0.717) is 12.2 Å². The lowest BCUT2D eigenvalue weighted by Gasteiger charge is -2.32. The van der Waals surface area contributed by atoms with Crippen LogP contribution in [-0.2, 0) is 0 Å². The Morgan fingerprint density at radius 2 is 2.18 bits per heavy atom. The summed E-state index contributed by atoms with van der Waals surface area (Å²) in [5.41, 5.74) is -0.402. The molecule has 1 heterocycles. The highest BCUT2D eigenvalue weighted by Crippen LogP contribution is 2.27. The van der Waals surface area contributed by atoms with E-state index in [1.807, 2.05) is 0 Å². The van der Waals surface area contributed by atoms with Gasteiger partial charge < -0.3 is 10.4 Å². The maximum atomic E-state index is 11.7. The van der Waals surface area contributed by atoms with Crippen LogP contribution in [0.4, 0.5) is 0 Å². The van der Waals surface area contributed by atoms with Crippen LogP contribution in [0, 0.1) is 0 Å². The SMILES string of the molecule is O=C(NCC1(O)CCCCC1)c1ccncn1. The summed E-state index contributed by atoms with van der Waals surface area (Å²) < 4.78 is 0. The number of carbonyl (C=O) groups excluding carboxylic acids is 1. The molecule has 0 atom stereocenters. The molecular formula is C12H17N3O2. The summed E-state index contributed by atoms with van der Waals surface area (Å²) in [5, 5.41) is 12.9. The summed E-state index contributed by atoms with van der Waals surface area (Å²) >= 11 is 0. The van der Waals surface area contributed by atoms with E-state index in [4.69, 9.17) is 0 Å². The van der Waals surface area contributed by atoms with Crippen LogP contribution in [0.2, 0.25) is 0 Å². The summed E-state index contributed by atoms with van der Waals surface area (Å²) in [6.45, 7) is 0.301. The van der Waals surface area contributed by atoms with Gasteiger partial charge in [-0.15, -0.1) is 0 Å². The molecule has 1 aliphatic carbocycles. The third-order valence-corrected chi connectivity index (χ3v) is 3.18. The molecule has 0 spiro atoms. The van der Waals surface area contributed by atoms with Crippen LogP contribution in [0.5, 0.6) is 0 Å². The maximum absolute atomic E-state index is 11.7. The van der Waals surface area contributed by atoms with E-state index in [-0.39, 0.29) is 5.91 Å². The minimum absolute atomic E-state index is 0.258. The van der Waals surface area contributed by atoms with Gasteiger partial charge >= 0.3 is 0 Å². The van der Waals surface area contributed by atoms with Crippen molar-refractivity contribution in [1.29, 1.82) is 0 Å². The molecule has 2 rings (SSSR count). The van der Waals surface area contributed by atoms with Crippen molar-refractivity contribution in [3.63, 3.8) is 0 Å². The molecule has 1 aromatic rings. The van der Waals surface area contributed by atoms with E-state index in [1.165, 1.54) is 18.9 Å². The fourth-order valence-electron chi connectivity index (χ4n) is 2.15. The van der Waals surface area contributed by atoms with Crippen LogP contribution in [-0.4, -0.2) is 33.1 Å². The second-order valence-corrected chi connectivity index (χ2v) is 4.56. The predicted molar refractivity (Wildman–Crippen MR) is 62.4 cm³/mol. The quantitative estimate of drug-likeness (QED) is 0.816. The highest BCUT2D eigenvalue weighted by Gasteiger charge is 2.29. The normalized spacial score (nSPS) is 18.6. The lowest BCUT2D eigenvalue weighted by molar-refractivity contribution is 0.00521. The first-order valence-electron chi connectivity index (χ1n) is 5.96. The van der Waals surface area contributed by atoms with Crippen molar-refractivity contribution in [2.75, 3.05) is 6.54 Å². The molecule has 92 valence electrons. The minimum atomic E-state index is -0.735. The molecule has 1 saturated carbocycles. The van der Waals surface area contributed by atoms with Gasteiger partial charge in [-0.3, -0.25) is 4.79 Å². The smallest absolute Gasteiger partial charge is 0.270 e. The number of aliphatic hydroxyl groups is 1. The van der Waals surface area contributed by atoms with E-state index in [1.54, 1.807) is 6.07 Å². The van der Waals surface area contributed by atoms with E-state index < -0.39 is 5.60 Å². The van der Waals surface area contributed by atoms with E-state index in [0.717, 1.165) is 25.7 Å². The predicted octanol–water partition coefficient (Wildman–Crippen LogP) is 0.902.